The Bertz CT molecular complexity index is 698. The third kappa shape index (κ3) is 3.64. The van der Waals surface area contributed by atoms with E-state index in [9.17, 15) is 9.59 Å². The molecule has 0 saturated heterocycles. The Balaban J connectivity index is 2.25. The summed E-state index contributed by atoms with van der Waals surface area (Å²) in [4.78, 5) is 24.3. The monoisotopic (exact) mass is 301 g/mol. The number of hydrogen-bond acceptors (Lipinski definition) is 3. The molecule has 0 radical (unpaired) electrons. The second kappa shape index (κ2) is 6.45. The third-order valence-electron chi connectivity index (χ3n) is 3.06. The number of nitrogens with one attached hydrogen (secondary N) is 1. The van der Waals surface area contributed by atoms with E-state index in [0.29, 0.717) is 11.3 Å². The zero-order valence-corrected chi connectivity index (χ0v) is 12.5. The summed E-state index contributed by atoms with van der Waals surface area (Å²) in [7, 11) is 0. The standard InChI is InChI=1S/C16H15NO3S/c1-10-6-7-13(21-2)9-14(10)15(18)17-12-5-3-4-11(8-12)16(19)20/h3-9H,1-2H3,(H,17,18)(H,19,20). The SMILES string of the molecule is CSc1ccc(C)c(C(=O)Nc2cccc(C(=O)O)c2)c1. The average Bonchev–Trinajstić information content (AvgIpc) is 2.48. The number of anilines is 1. The van der Waals surface area contributed by atoms with Crippen molar-refractivity contribution in [3.8, 4) is 0 Å². The molecule has 0 aliphatic heterocycles. The maximum atomic E-state index is 12.3. The highest BCUT2D eigenvalue weighted by Gasteiger charge is 2.11. The highest BCUT2D eigenvalue weighted by Crippen LogP contribution is 2.20. The molecule has 2 rings (SSSR count). The fraction of sp³-hybridized carbons (Fsp3) is 0.125. The highest BCUT2D eigenvalue weighted by atomic mass is 32.2. The quantitative estimate of drug-likeness (QED) is 0.846. The predicted octanol–water partition coefficient (Wildman–Crippen LogP) is 3.67. The van der Waals surface area contributed by atoms with Gasteiger partial charge in [-0.1, -0.05) is 12.1 Å². The van der Waals surface area contributed by atoms with Crippen LogP contribution in [0.25, 0.3) is 0 Å². The number of carbonyl (C=O) groups is 2. The molecule has 1 amide bonds. The second-order valence-corrected chi connectivity index (χ2v) is 5.40. The first kappa shape index (κ1) is 15.1. The van der Waals surface area contributed by atoms with Crippen LogP contribution >= 0.6 is 11.8 Å². The summed E-state index contributed by atoms with van der Waals surface area (Å²) < 4.78 is 0. The van der Waals surface area contributed by atoms with Gasteiger partial charge in [0.15, 0.2) is 0 Å². The number of carboxylic acid groups (broad SMARTS) is 1. The van der Waals surface area contributed by atoms with Gasteiger partial charge >= 0.3 is 5.97 Å². The molecule has 2 aromatic carbocycles. The minimum atomic E-state index is -1.02. The molecule has 0 unspecified atom stereocenters. The normalized spacial score (nSPS) is 10.2. The molecule has 0 aliphatic rings. The van der Waals surface area contributed by atoms with Crippen LogP contribution in [-0.4, -0.2) is 23.2 Å². The Morgan fingerprint density at radius 2 is 1.90 bits per heavy atom. The third-order valence-corrected chi connectivity index (χ3v) is 3.78. The van der Waals surface area contributed by atoms with Gasteiger partial charge in [-0.05, 0) is 49.1 Å². The Morgan fingerprint density at radius 3 is 2.57 bits per heavy atom. The lowest BCUT2D eigenvalue weighted by Gasteiger charge is -2.09. The first-order valence-corrected chi connectivity index (χ1v) is 7.53. The van der Waals surface area contributed by atoms with Crippen molar-refractivity contribution < 1.29 is 14.7 Å². The van der Waals surface area contributed by atoms with E-state index in [-0.39, 0.29) is 11.5 Å². The Labute approximate surface area is 127 Å². The molecular weight excluding hydrogens is 286 g/mol. The van der Waals surface area contributed by atoms with Crippen molar-refractivity contribution in [2.75, 3.05) is 11.6 Å². The van der Waals surface area contributed by atoms with Crippen molar-refractivity contribution in [2.45, 2.75) is 11.8 Å². The lowest BCUT2D eigenvalue weighted by atomic mass is 10.1. The van der Waals surface area contributed by atoms with E-state index in [0.717, 1.165) is 10.5 Å². The van der Waals surface area contributed by atoms with E-state index in [1.165, 1.54) is 12.1 Å². The maximum absolute atomic E-state index is 12.3. The van der Waals surface area contributed by atoms with Gasteiger partial charge in [0.05, 0.1) is 5.56 Å². The average molecular weight is 301 g/mol. The van der Waals surface area contributed by atoms with Crippen LogP contribution in [0.1, 0.15) is 26.3 Å². The number of carboxylic acids is 1. The number of hydrogen-bond donors (Lipinski definition) is 2. The van der Waals surface area contributed by atoms with Crippen LogP contribution in [0.15, 0.2) is 47.4 Å². The van der Waals surface area contributed by atoms with Gasteiger partial charge in [-0.25, -0.2) is 4.79 Å². The molecular formula is C16H15NO3S. The van der Waals surface area contributed by atoms with Crippen molar-refractivity contribution >= 4 is 29.3 Å². The molecule has 4 nitrogen and oxygen atoms in total. The molecule has 0 heterocycles. The van der Waals surface area contributed by atoms with E-state index in [4.69, 9.17) is 5.11 Å². The lowest BCUT2D eigenvalue weighted by molar-refractivity contribution is 0.0696. The molecule has 0 saturated carbocycles. The molecule has 0 bridgehead atoms. The van der Waals surface area contributed by atoms with Crippen molar-refractivity contribution in [2.24, 2.45) is 0 Å². The first-order valence-electron chi connectivity index (χ1n) is 6.30. The van der Waals surface area contributed by atoms with Crippen LogP contribution in [0.4, 0.5) is 5.69 Å². The summed E-state index contributed by atoms with van der Waals surface area (Å²) in [5.74, 6) is -1.27. The fourth-order valence-corrected chi connectivity index (χ4v) is 2.34. The van der Waals surface area contributed by atoms with Crippen LogP contribution in [0.2, 0.25) is 0 Å². The number of benzene rings is 2. The molecule has 0 fully saturated rings. The molecule has 2 N–H and O–H groups in total. The van der Waals surface area contributed by atoms with E-state index >= 15 is 0 Å². The number of aryl methyl sites for hydroxylation is 1. The van der Waals surface area contributed by atoms with Crippen LogP contribution in [0.3, 0.4) is 0 Å². The van der Waals surface area contributed by atoms with Crippen LogP contribution in [-0.2, 0) is 0 Å². The van der Waals surface area contributed by atoms with Gasteiger partial charge < -0.3 is 10.4 Å². The summed E-state index contributed by atoms with van der Waals surface area (Å²) in [6.07, 6.45) is 1.95. The summed E-state index contributed by atoms with van der Waals surface area (Å²) in [6, 6.07) is 11.9. The number of thioether (sulfide) groups is 1. The molecule has 2 aromatic rings. The van der Waals surface area contributed by atoms with Crippen LogP contribution < -0.4 is 5.32 Å². The second-order valence-electron chi connectivity index (χ2n) is 4.52. The molecule has 0 aromatic heterocycles. The largest absolute Gasteiger partial charge is 0.478 e. The predicted molar refractivity (Wildman–Crippen MR) is 84.3 cm³/mol. The van der Waals surface area contributed by atoms with Gasteiger partial charge in [-0.2, -0.15) is 0 Å². The Morgan fingerprint density at radius 1 is 1.14 bits per heavy atom. The van der Waals surface area contributed by atoms with E-state index in [1.807, 2.05) is 31.4 Å². The zero-order chi connectivity index (χ0) is 15.4. The molecule has 21 heavy (non-hydrogen) atoms. The molecule has 108 valence electrons. The topological polar surface area (TPSA) is 66.4 Å². The van der Waals surface area contributed by atoms with Crippen molar-refractivity contribution in [3.05, 3.63) is 59.2 Å². The number of rotatable bonds is 4. The van der Waals surface area contributed by atoms with Crippen molar-refractivity contribution in [3.63, 3.8) is 0 Å². The summed E-state index contributed by atoms with van der Waals surface area (Å²) >= 11 is 1.56. The molecule has 5 heteroatoms. The van der Waals surface area contributed by atoms with Gasteiger partial charge in [-0.15, -0.1) is 11.8 Å². The smallest absolute Gasteiger partial charge is 0.335 e. The van der Waals surface area contributed by atoms with Crippen molar-refractivity contribution in [1.29, 1.82) is 0 Å². The van der Waals surface area contributed by atoms with Crippen LogP contribution in [0.5, 0.6) is 0 Å². The van der Waals surface area contributed by atoms with Gasteiger partial charge in [0, 0.05) is 16.1 Å². The van der Waals surface area contributed by atoms with Gasteiger partial charge in [0.2, 0.25) is 0 Å². The molecule has 0 atom stereocenters. The van der Waals surface area contributed by atoms with Gasteiger partial charge in [0.1, 0.15) is 0 Å². The van der Waals surface area contributed by atoms with E-state index in [2.05, 4.69) is 5.32 Å². The summed E-state index contributed by atoms with van der Waals surface area (Å²) in [5, 5.41) is 11.7. The molecule has 0 spiro atoms. The van der Waals surface area contributed by atoms with Gasteiger partial charge in [-0.3, -0.25) is 4.79 Å². The lowest BCUT2D eigenvalue weighted by Crippen LogP contribution is -2.14. The zero-order valence-electron chi connectivity index (χ0n) is 11.7. The van der Waals surface area contributed by atoms with Gasteiger partial charge in [0.25, 0.3) is 5.91 Å². The minimum absolute atomic E-state index is 0.141. The van der Waals surface area contributed by atoms with E-state index in [1.54, 1.807) is 23.9 Å². The number of amides is 1. The summed E-state index contributed by atoms with van der Waals surface area (Å²) in [5.41, 5.74) is 2.07. The molecule has 0 aliphatic carbocycles. The fourth-order valence-electron chi connectivity index (χ4n) is 1.90. The van der Waals surface area contributed by atoms with Crippen molar-refractivity contribution in [1.82, 2.24) is 0 Å². The number of aromatic carboxylic acids is 1. The maximum Gasteiger partial charge on any atom is 0.335 e. The Kier molecular flexibility index (Phi) is 4.65. The van der Waals surface area contributed by atoms with E-state index < -0.39 is 5.97 Å². The number of carbonyl (C=O) groups excluding carboxylic acids is 1. The first-order chi connectivity index (χ1) is 10.0. The Hall–Kier alpha value is -2.27. The summed E-state index contributed by atoms with van der Waals surface area (Å²) in [6.45, 7) is 1.87. The minimum Gasteiger partial charge on any atom is -0.478 e. The highest BCUT2D eigenvalue weighted by molar-refractivity contribution is 7.98. The van der Waals surface area contributed by atoms with Crippen LogP contribution in [0, 0.1) is 6.92 Å².